The maximum Gasteiger partial charge on any atom is 0.198 e. The Bertz CT molecular complexity index is 291. The Morgan fingerprint density at radius 2 is 2.21 bits per heavy atom. The summed E-state index contributed by atoms with van der Waals surface area (Å²) >= 11 is 4.08. The Balaban J connectivity index is 2.29. The average molecular weight is 212 g/mol. The summed E-state index contributed by atoms with van der Waals surface area (Å²) < 4.78 is 5.06. The fourth-order valence-corrected chi connectivity index (χ4v) is 1.48. The second-order valence-corrected chi connectivity index (χ2v) is 3.92. The van der Waals surface area contributed by atoms with E-state index >= 15 is 0 Å². The van der Waals surface area contributed by atoms with Gasteiger partial charge < -0.3 is 4.42 Å². The molecule has 0 amide bonds. The smallest absolute Gasteiger partial charge is 0.198 e. The van der Waals surface area contributed by atoms with E-state index in [0.29, 0.717) is 17.1 Å². The van der Waals surface area contributed by atoms with Gasteiger partial charge in [-0.05, 0) is 6.42 Å². The molecule has 2 nitrogen and oxygen atoms in total. The molecule has 0 spiro atoms. The molecule has 1 rings (SSSR count). The van der Waals surface area contributed by atoms with Crippen molar-refractivity contribution >= 4 is 18.4 Å². The van der Waals surface area contributed by atoms with Gasteiger partial charge in [-0.15, -0.1) is 12.6 Å². The van der Waals surface area contributed by atoms with Crippen molar-refractivity contribution in [3.63, 3.8) is 0 Å². The van der Waals surface area contributed by atoms with Crippen LogP contribution >= 0.6 is 12.6 Å². The molecule has 0 aromatic carbocycles. The third-order valence-electron chi connectivity index (χ3n) is 2.12. The van der Waals surface area contributed by atoms with Crippen LogP contribution in [0, 0.1) is 0 Å². The van der Waals surface area contributed by atoms with Crippen molar-refractivity contribution in [1.29, 1.82) is 0 Å². The van der Waals surface area contributed by atoms with Gasteiger partial charge in [-0.1, -0.05) is 26.2 Å². The zero-order chi connectivity index (χ0) is 10.4. The van der Waals surface area contributed by atoms with Gasteiger partial charge in [-0.25, -0.2) is 0 Å². The molecule has 0 bridgehead atoms. The van der Waals surface area contributed by atoms with Crippen LogP contribution in [0.25, 0.3) is 0 Å². The summed E-state index contributed by atoms with van der Waals surface area (Å²) in [6, 6.07) is 1.67. The van der Waals surface area contributed by atoms with E-state index in [9.17, 15) is 4.79 Å². The minimum atomic E-state index is 0.0846. The molecule has 14 heavy (non-hydrogen) atoms. The molecule has 3 heteroatoms. The molecule has 0 aliphatic carbocycles. The number of carbonyl (C=O) groups is 1. The van der Waals surface area contributed by atoms with E-state index in [1.54, 1.807) is 6.07 Å². The number of unbranched alkanes of at least 4 members (excludes halogenated alkanes) is 3. The van der Waals surface area contributed by atoms with Crippen molar-refractivity contribution in [1.82, 2.24) is 0 Å². The Kier molecular flexibility index (Phi) is 4.80. The van der Waals surface area contributed by atoms with E-state index in [-0.39, 0.29) is 5.78 Å². The summed E-state index contributed by atoms with van der Waals surface area (Å²) in [4.78, 5) is 12.2. The van der Waals surface area contributed by atoms with Crippen LogP contribution in [0.5, 0.6) is 0 Å². The number of carbonyl (C=O) groups excluding carboxylic acids is 1. The summed E-state index contributed by atoms with van der Waals surface area (Å²) in [5.41, 5.74) is 0. The van der Waals surface area contributed by atoms with Crippen LogP contribution in [-0.2, 0) is 0 Å². The number of hydrogen-bond acceptors (Lipinski definition) is 3. The predicted octanol–water partition coefficient (Wildman–Crippen LogP) is 3.72. The number of rotatable bonds is 6. The molecule has 1 aromatic heterocycles. The molecule has 0 fully saturated rings. The lowest BCUT2D eigenvalue weighted by Crippen LogP contribution is -1.96. The van der Waals surface area contributed by atoms with Crippen LogP contribution in [0.4, 0.5) is 0 Å². The standard InChI is InChI=1S/C11H16O2S/c1-2-3-4-5-6-10(12)11-7-9(14)8-13-11/h7-8,14H,2-6H2,1H3. The largest absolute Gasteiger partial charge is 0.460 e. The van der Waals surface area contributed by atoms with Gasteiger partial charge in [0.05, 0.1) is 0 Å². The third-order valence-corrected chi connectivity index (χ3v) is 2.35. The van der Waals surface area contributed by atoms with Gasteiger partial charge in [0.25, 0.3) is 0 Å². The first-order chi connectivity index (χ1) is 6.74. The molecule has 0 radical (unpaired) electrons. The third kappa shape index (κ3) is 3.58. The average Bonchev–Trinajstić information content (AvgIpc) is 2.59. The molecule has 1 aromatic rings. The molecule has 0 N–H and O–H groups in total. The molecule has 0 saturated carbocycles. The molecule has 78 valence electrons. The van der Waals surface area contributed by atoms with Gasteiger partial charge in [-0.3, -0.25) is 4.79 Å². The first kappa shape index (κ1) is 11.4. The van der Waals surface area contributed by atoms with Gasteiger partial charge in [-0.2, -0.15) is 0 Å². The van der Waals surface area contributed by atoms with E-state index in [0.717, 1.165) is 12.8 Å². The van der Waals surface area contributed by atoms with Crippen molar-refractivity contribution in [2.24, 2.45) is 0 Å². The molecule has 0 saturated heterocycles. The maximum atomic E-state index is 11.5. The van der Waals surface area contributed by atoms with E-state index in [1.807, 2.05) is 0 Å². The highest BCUT2D eigenvalue weighted by Crippen LogP contribution is 2.14. The first-order valence-electron chi connectivity index (χ1n) is 5.04. The lowest BCUT2D eigenvalue weighted by atomic mass is 10.1. The quantitative estimate of drug-likeness (QED) is 0.442. The lowest BCUT2D eigenvalue weighted by Gasteiger charge is -1.96. The number of furan rings is 1. The van der Waals surface area contributed by atoms with Gasteiger partial charge in [0.1, 0.15) is 6.26 Å². The summed E-state index contributed by atoms with van der Waals surface area (Å²) in [6.07, 6.45) is 6.54. The second kappa shape index (κ2) is 5.91. The van der Waals surface area contributed by atoms with Crippen LogP contribution in [0.1, 0.15) is 49.6 Å². The predicted molar refractivity (Wildman–Crippen MR) is 59.0 cm³/mol. The summed E-state index contributed by atoms with van der Waals surface area (Å²) in [5, 5.41) is 0. The van der Waals surface area contributed by atoms with Crippen LogP contribution in [-0.4, -0.2) is 5.78 Å². The maximum absolute atomic E-state index is 11.5. The summed E-state index contributed by atoms with van der Waals surface area (Å²) in [5.74, 6) is 0.521. The molecule has 0 aliphatic rings. The van der Waals surface area contributed by atoms with Gasteiger partial charge in [0.15, 0.2) is 11.5 Å². The Labute approximate surface area is 90.1 Å². The van der Waals surface area contributed by atoms with Crippen molar-refractivity contribution in [3.05, 3.63) is 18.1 Å². The Morgan fingerprint density at radius 3 is 2.79 bits per heavy atom. The monoisotopic (exact) mass is 212 g/mol. The molecular formula is C11H16O2S. The zero-order valence-electron chi connectivity index (χ0n) is 8.45. The highest BCUT2D eigenvalue weighted by Gasteiger charge is 2.09. The van der Waals surface area contributed by atoms with Crippen LogP contribution in [0.15, 0.2) is 21.6 Å². The van der Waals surface area contributed by atoms with Gasteiger partial charge >= 0.3 is 0 Å². The summed E-state index contributed by atoms with van der Waals surface area (Å²) in [7, 11) is 0. The first-order valence-corrected chi connectivity index (χ1v) is 5.49. The highest BCUT2D eigenvalue weighted by molar-refractivity contribution is 7.80. The van der Waals surface area contributed by atoms with Crippen molar-refractivity contribution in [3.8, 4) is 0 Å². The summed E-state index contributed by atoms with van der Waals surface area (Å²) in [6.45, 7) is 2.15. The zero-order valence-corrected chi connectivity index (χ0v) is 9.35. The van der Waals surface area contributed by atoms with E-state index in [1.165, 1.54) is 19.1 Å². The lowest BCUT2D eigenvalue weighted by molar-refractivity contribution is 0.0952. The SMILES string of the molecule is CCCCCCC(=O)c1cc(S)co1. The number of ketones is 1. The van der Waals surface area contributed by atoms with Crippen molar-refractivity contribution in [2.75, 3.05) is 0 Å². The highest BCUT2D eigenvalue weighted by atomic mass is 32.1. The molecule has 0 unspecified atom stereocenters. The van der Waals surface area contributed by atoms with E-state index in [2.05, 4.69) is 19.6 Å². The fourth-order valence-electron chi connectivity index (χ4n) is 1.31. The molecule has 0 aliphatic heterocycles. The van der Waals surface area contributed by atoms with E-state index in [4.69, 9.17) is 4.42 Å². The van der Waals surface area contributed by atoms with Crippen LogP contribution < -0.4 is 0 Å². The Morgan fingerprint density at radius 1 is 1.43 bits per heavy atom. The van der Waals surface area contributed by atoms with E-state index < -0.39 is 0 Å². The normalized spacial score (nSPS) is 10.4. The number of Topliss-reactive ketones (excluding diaryl/α,β-unsaturated/α-hetero) is 1. The number of hydrogen-bond donors (Lipinski definition) is 1. The minimum Gasteiger partial charge on any atom is -0.460 e. The molecule has 1 heterocycles. The fraction of sp³-hybridized carbons (Fsp3) is 0.545. The van der Waals surface area contributed by atoms with Crippen LogP contribution in [0.3, 0.4) is 0 Å². The minimum absolute atomic E-state index is 0.0846. The molecule has 0 atom stereocenters. The van der Waals surface area contributed by atoms with Crippen LogP contribution in [0.2, 0.25) is 0 Å². The van der Waals surface area contributed by atoms with Gasteiger partial charge in [0, 0.05) is 17.4 Å². The van der Waals surface area contributed by atoms with Gasteiger partial charge in [0.2, 0.25) is 0 Å². The molecular weight excluding hydrogens is 196 g/mol. The number of thiol groups is 1. The Hall–Kier alpha value is -0.700. The second-order valence-electron chi connectivity index (χ2n) is 3.40. The van der Waals surface area contributed by atoms with Crippen molar-refractivity contribution < 1.29 is 9.21 Å². The van der Waals surface area contributed by atoms with Crippen molar-refractivity contribution in [2.45, 2.75) is 43.9 Å². The topological polar surface area (TPSA) is 30.2 Å².